The summed E-state index contributed by atoms with van der Waals surface area (Å²) in [6.45, 7) is 1.73. The SMILES string of the molecule is COC(=O)[C@@H](NC(=O)c1ccc(C#Cc2ccccc2)cc1)[C@H](C)NC(=O)OCC1c2ccccc2-c2ccccc21. The van der Waals surface area contributed by atoms with Crippen LogP contribution in [0.3, 0.4) is 0 Å². The standard InChI is InChI=1S/C35H30N2O5/c1-23(36-35(40)42-22-31-29-14-8-6-12-27(29)28-13-7-9-15-30(28)31)32(34(39)41-2)37-33(38)26-20-18-25(19-21-26)17-16-24-10-4-3-5-11-24/h3-15,18-21,23,31-32H,22H2,1-2H3,(H,36,40)(H,37,38)/t23-,32-/m0/s1. The van der Waals surface area contributed by atoms with E-state index in [1.165, 1.54) is 7.11 Å². The summed E-state index contributed by atoms with van der Waals surface area (Å²) in [4.78, 5) is 38.4. The Kier molecular flexibility index (Phi) is 8.64. The Morgan fingerprint density at radius 2 is 1.29 bits per heavy atom. The number of ether oxygens (including phenoxy) is 2. The molecule has 0 radical (unpaired) electrons. The fourth-order valence-corrected chi connectivity index (χ4v) is 5.02. The van der Waals surface area contributed by atoms with Gasteiger partial charge in [-0.3, -0.25) is 4.79 Å². The molecule has 0 heterocycles. The zero-order valence-corrected chi connectivity index (χ0v) is 23.3. The van der Waals surface area contributed by atoms with Crippen LogP contribution < -0.4 is 10.6 Å². The third-order valence-corrected chi connectivity index (χ3v) is 7.20. The Morgan fingerprint density at radius 1 is 0.738 bits per heavy atom. The molecule has 1 aliphatic carbocycles. The second-order valence-electron chi connectivity index (χ2n) is 9.93. The van der Waals surface area contributed by atoms with Crippen molar-refractivity contribution < 1.29 is 23.9 Å². The number of alkyl carbamates (subject to hydrolysis) is 1. The lowest BCUT2D eigenvalue weighted by Gasteiger charge is -2.24. The fraction of sp³-hybridized carbons (Fsp3) is 0.171. The van der Waals surface area contributed by atoms with Gasteiger partial charge >= 0.3 is 12.1 Å². The van der Waals surface area contributed by atoms with Gasteiger partial charge in [-0.05, 0) is 65.6 Å². The van der Waals surface area contributed by atoms with Crippen LogP contribution in [-0.2, 0) is 14.3 Å². The van der Waals surface area contributed by atoms with Gasteiger partial charge in [0.05, 0.1) is 13.2 Å². The van der Waals surface area contributed by atoms with Crippen molar-refractivity contribution in [2.75, 3.05) is 13.7 Å². The first-order valence-electron chi connectivity index (χ1n) is 13.6. The van der Waals surface area contributed by atoms with E-state index in [0.717, 1.165) is 33.4 Å². The summed E-state index contributed by atoms with van der Waals surface area (Å²) in [5.74, 6) is 4.84. The van der Waals surface area contributed by atoms with E-state index in [4.69, 9.17) is 9.47 Å². The molecular formula is C35H30N2O5. The van der Waals surface area contributed by atoms with Crippen LogP contribution in [-0.4, -0.2) is 43.8 Å². The Labute approximate surface area is 244 Å². The Morgan fingerprint density at radius 3 is 1.88 bits per heavy atom. The number of esters is 1. The highest BCUT2D eigenvalue weighted by molar-refractivity contribution is 5.97. The molecule has 210 valence electrons. The number of benzene rings is 4. The van der Waals surface area contributed by atoms with E-state index < -0.39 is 30.1 Å². The van der Waals surface area contributed by atoms with Crippen molar-refractivity contribution in [2.45, 2.75) is 24.9 Å². The summed E-state index contributed by atoms with van der Waals surface area (Å²) < 4.78 is 10.5. The summed E-state index contributed by atoms with van der Waals surface area (Å²) in [6.07, 6.45) is -0.700. The minimum absolute atomic E-state index is 0.102. The number of hydrogen-bond donors (Lipinski definition) is 2. The average Bonchev–Trinajstić information content (AvgIpc) is 3.35. The largest absolute Gasteiger partial charge is 0.467 e. The zero-order valence-electron chi connectivity index (χ0n) is 23.3. The van der Waals surface area contributed by atoms with Crippen molar-refractivity contribution in [3.05, 3.63) is 131 Å². The summed E-state index contributed by atoms with van der Waals surface area (Å²) in [5, 5.41) is 5.34. The Bertz CT molecular complexity index is 1610. The first-order chi connectivity index (χ1) is 20.4. The highest BCUT2D eigenvalue weighted by Gasteiger charge is 2.32. The molecule has 2 N–H and O–H groups in total. The summed E-state index contributed by atoms with van der Waals surface area (Å²) in [5.41, 5.74) is 6.40. The molecule has 0 saturated heterocycles. The van der Waals surface area contributed by atoms with Gasteiger partial charge in [0, 0.05) is 22.6 Å². The lowest BCUT2D eigenvalue weighted by molar-refractivity contribution is -0.143. The van der Waals surface area contributed by atoms with Crippen molar-refractivity contribution in [3.63, 3.8) is 0 Å². The summed E-state index contributed by atoms with van der Waals surface area (Å²) in [7, 11) is 1.22. The molecule has 42 heavy (non-hydrogen) atoms. The minimum atomic E-state index is -1.14. The number of nitrogens with one attached hydrogen (secondary N) is 2. The van der Waals surface area contributed by atoms with Gasteiger partial charge in [0.1, 0.15) is 12.6 Å². The molecule has 0 saturated carbocycles. The summed E-state index contributed by atoms with van der Waals surface area (Å²) >= 11 is 0. The predicted octanol–water partition coefficient (Wildman–Crippen LogP) is 5.29. The lowest BCUT2D eigenvalue weighted by atomic mass is 9.98. The number of carbonyl (C=O) groups is 3. The van der Waals surface area contributed by atoms with Gasteiger partial charge in [0.2, 0.25) is 0 Å². The van der Waals surface area contributed by atoms with Crippen LogP contribution in [0.1, 0.15) is 45.5 Å². The van der Waals surface area contributed by atoms with Crippen molar-refractivity contribution in [1.82, 2.24) is 10.6 Å². The van der Waals surface area contributed by atoms with E-state index in [2.05, 4.69) is 34.6 Å². The second kappa shape index (κ2) is 12.9. The molecule has 4 aromatic carbocycles. The smallest absolute Gasteiger partial charge is 0.407 e. The number of hydrogen-bond acceptors (Lipinski definition) is 5. The van der Waals surface area contributed by atoms with Gasteiger partial charge in [-0.1, -0.05) is 78.6 Å². The third kappa shape index (κ3) is 6.34. The highest BCUT2D eigenvalue weighted by Crippen LogP contribution is 2.44. The lowest BCUT2D eigenvalue weighted by Crippen LogP contribution is -2.54. The molecule has 0 unspecified atom stereocenters. The summed E-state index contributed by atoms with van der Waals surface area (Å²) in [6, 6.07) is 30.5. The topological polar surface area (TPSA) is 93.7 Å². The molecular weight excluding hydrogens is 528 g/mol. The molecule has 0 spiro atoms. The fourth-order valence-electron chi connectivity index (χ4n) is 5.02. The Hall–Kier alpha value is -5.35. The maximum atomic E-state index is 13.0. The molecule has 1 aliphatic rings. The first kappa shape index (κ1) is 28.2. The van der Waals surface area contributed by atoms with Gasteiger partial charge in [-0.15, -0.1) is 0 Å². The quantitative estimate of drug-likeness (QED) is 0.238. The van der Waals surface area contributed by atoms with Crippen LogP contribution in [0.5, 0.6) is 0 Å². The molecule has 7 nitrogen and oxygen atoms in total. The highest BCUT2D eigenvalue weighted by atomic mass is 16.5. The van der Waals surface area contributed by atoms with E-state index in [0.29, 0.717) is 5.56 Å². The van der Waals surface area contributed by atoms with Gasteiger partial charge in [0.15, 0.2) is 0 Å². The van der Waals surface area contributed by atoms with Crippen LogP contribution in [0.15, 0.2) is 103 Å². The van der Waals surface area contributed by atoms with Crippen molar-refractivity contribution in [2.24, 2.45) is 0 Å². The molecule has 0 bridgehead atoms. The van der Waals surface area contributed by atoms with E-state index in [1.54, 1.807) is 31.2 Å². The molecule has 2 amide bonds. The van der Waals surface area contributed by atoms with Crippen LogP contribution >= 0.6 is 0 Å². The molecule has 0 fully saturated rings. The predicted molar refractivity (Wildman–Crippen MR) is 160 cm³/mol. The van der Waals surface area contributed by atoms with Gasteiger partial charge in [-0.25, -0.2) is 9.59 Å². The third-order valence-electron chi connectivity index (χ3n) is 7.20. The zero-order chi connectivity index (χ0) is 29.5. The van der Waals surface area contributed by atoms with E-state index in [9.17, 15) is 14.4 Å². The molecule has 2 atom stereocenters. The van der Waals surface area contributed by atoms with Crippen LogP contribution in [0.2, 0.25) is 0 Å². The van der Waals surface area contributed by atoms with Crippen molar-refractivity contribution in [3.8, 4) is 23.0 Å². The molecule has 5 rings (SSSR count). The van der Waals surface area contributed by atoms with E-state index >= 15 is 0 Å². The van der Waals surface area contributed by atoms with Crippen molar-refractivity contribution in [1.29, 1.82) is 0 Å². The van der Waals surface area contributed by atoms with Crippen molar-refractivity contribution >= 4 is 18.0 Å². The number of rotatable bonds is 7. The van der Waals surface area contributed by atoms with Gasteiger partial charge in [0.25, 0.3) is 5.91 Å². The maximum Gasteiger partial charge on any atom is 0.407 e. The maximum absolute atomic E-state index is 13.0. The van der Waals surface area contributed by atoms with Crippen LogP contribution in [0.25, 0.3) is 11.1 Å². The first-order valence-corrected chi connectivity index (χ1v) is 13.6. The van der Waals surface area contributed by atoms with Gasteiger partial charge in [-0.2, -0.15) is 0 Å². The number of methoxy groups -OCH3 is 1. The van der Waals surface area contributed by atoms with E-state index in [-0.39, 0.29) is 12.5 Å². The molecule has 0 aliphatic heterocycles. The van der Waals surface area contributed by atoms with Crippen LogP contribution in [0.4, 0.5) is 4.79 Å². The second-order valence-corrected chi connectivity index (χ2v) is 9.93. The molecule has 4 aromatic rings. The minimum Gasteiger partial charge on any atom is -0.467 e. The normalized spacial score (nSPS) is 12.9. The molecule has 0 aromatic heterocycles. The van der Waals surface area contributed by atoms with Gasteiger partial charge < -0.3 is 20.1 Å². The average molecular weight is 559 g/mol. The number of amides is 2. The van der Waals surface area contributed by atoms with E-state index in [1.807, 2.05) is 66.7 Å². The molecule has 7 heteroatoms. The van der Waals surface area contributed by atoms with Crippen LogP contribution in [0, 0.1) is 11.8 Å². The number of fused-ring (bicyclic) bond motifs is 3. The number of carbonyl (C=O) groups excluding carboxylic acids is 3. The monoisotopic (exact) mass is 558 g/mol. The Balaban J connectivity index is 1.20.